The average molecular weight is 295 g/mol. The summed E-state index contributed by atoms with van der Waals surface area (Å²) in [6.45, 7) is 4.37. The molecule has 0 N–H and O–H groups in total. The highest BCUT2D eigenvalue weighted by Crippen LogP contribution is 2.54. The molecule has 0 aromatic heterocycles. The third-order valence-electron chi connectivity index (χ3n) is 4.66. The van der Waals surface area contributed by atoms with Crippen molar-refractivity contribution in [3.05, 3.63) is 28.3 Å². The van der Waals surface area contributed by atoms with Gasteiger partial charge in [0.2, 0.25) is 0 Å². The van der Waals surface area contributed by atoms with Crippen LogP contribution in [0.15, 0.2) is 12.1 Å². The second kappa shape index (κ2) is 4.39. The zero-order valence-electron chi connectivity index (χ0n) is 12.1. The van der Waals surface area contributed by atoms with E-state index in [1.54, 1.807) is 6.07 Å². The number of carbonyl (C=O) groups excluding carboxylic acids is 1. The van der Waals surface area contributed by atoms with E-state index in [9.17, 15) is 4.79 Å². The number of fused-ring (bicyclic) bond motifs is 4. The molecule has 2 atom stereocenters. The van der Waals surface area contributed by atoms with Gasteiger partial charge in [-0.3, -0.25) is 0 Å². The van der Waals surface area contributed by atoms with E-state index in [-0.39, 0.29) is 11.0 Å². The number of benzene rings is 1. The first-order valence-corrected chi connectivity index (χ1v) is 7.36. The first kappa shape index (κ1) is 13.7. The minimum Gasteiger partial charge on any atom is -0.486 e. The Hall–Kier alpha value is -1.22. The molecular weight excluding hydrogens is 276 g/mol. The van der Waals surface area contributed by atoms with E-state index in [2.05, 4.69) is 13.8 Å². The fourth-order valence-corrected chi connectivity index (χ4v) is 4.05. The van der Waals surface area contributed by atoms with Crippen LogP contribution in [-0.2, 0) is 10.2 Å². The molecule has 3 rings (SSSR count). The third kappa shape index (κ3) is 1.99. The quantitative estimate of drug-likeness (QED) is 0.731. The Bertz CT molecular complexity index is 583. The van der Waals surface area contributed by atoms with Gasteiger partial charge < -0.3 is 9.47 Å². The van der Waals surface area contributed by atoms with Gasteiger partial charge in [-0.1, -0.05) is 18.5 Å². The van der Waals surface area contributed by atoms with Gasteiger partial charge >= 0.3 is 5.97 Å². The van der Waals surface area contributed by atoms with Gasteiger partial charge in [0.25, 0.3) is 0 Å². The summed E-state index contributed by atoms with van der Waals surface area (Å²) >= 11 is 6.19. The molecule has 108 valence electrons. The zero-order valence-corrected chi connectivity index (χ0v) is 12.8. The van der Waals surface area contributed by atoms with Crippen LogP contribution in [0.4, 0.5) is 0 Å². The second-order valence-corrected chi connectivity index (χ2v) is 6.90. The fraction of sp³-hybridized carbons (Fsp3) is 0.562. The number of hydrogen-bond acceptors (Lipinski definition) is 3. The molecule has 1 aliphatic heterocycles. The number of hydrogen-bond donors (Lipinski definition) is 0. The lowest BCUT2D eigenvalue weighted by molar-refractivity contribution is -0.00659. The van der Waals surface area contributed by atoms with Gasteiger partial charge in [0.05, 0.1) is 7.11 Å². The molecule has 1 fully saturated rings. The van der Waals surface area contributed by atoms with Crippen molar-refractivity contribution >= 4 is 17.6 Å². The molecule has 2 bridgehead atoms. The SMILES string of the molecule is COC(=O)c1cc(Cl)cc2c1O[C@@]1(C)CCC[C@]2(C)C1. The lowest BCUT2D eigenvalue weighted by atomic mass is 9.63. The molecule has 0 amide bonds. The number of rotatable bonds is 1. The van der Waals surface area contributed by atoms with Crippen LogP contribution in [0.2, 0.25) is 5.02 Å². The van der Waals surface area contributed by atoms with Crippen LogP contribution in [0.1, 0.15) is 55.5 Å². The molecule has 0 unspecified atom stereocenters. The predicted molar refractivity (Wildman–Crippen MR) is 77.6 cm³/mol. The third-order valence-corrected chi connectivity index (χ3v) is 4.87. The number of esters is 1. The van der Waals surface area contributed by atoms with Crippen molar-refractivity contribution in [3.8, 4) is 5.75 Å². The van der Waals surface area contributed by atoms with Gasteiger partial charge in [0, 0.05) is 10.6 Å². The van der Waals surface area contributed by atoms with E-state index in [0.717, 1.165) is 31.2 Å². The Balaban J connectivity index is 2.23. The van der Waals surface area contributed by atoms with E-state index < -0.39 is 5.97 Å². The Labute approximate surface area is 124 Å². The highest BCUT2D eigenvalue weighted by atomic mass is 35.5. The maximum absolute atomic E-state index is 12.0. The predicted octanol–water partition coefficient (Wildman–Crippen LogP) is 4.11. The summed E-state index contributed by atoms with van der Waals surface area (Å²) in [7, 11) is 1.38. The summed E-state index contributed by atoms with van der Waals surface area (Å²) in [6.07, 6.45) is 4.21. The number of ether oxygens (including phenoxy) is 2. The first-order valence-electron chi connectivity index (χ1n) is 6.98. The molecule has 20 heavy (non-hydrogen) atoms. The fourth-order valence-electron chi connectivity index (χ4n) is 3.83. The van der Waals surface area contributed by atoms with Crippen LogP contribution < -0.4 is 4.74 Å². The lowest BCUT2D eigenvalue weighted by Crippen LogP contribution is -2.48. The monoisotopic (exact) mass is 294 g/mol. The Kier molecular flexibility index (Phi) is 3.02. The molecule has 0 radical (unpaired) electrons. The van der Waals surface area contributed by atoms with E-state index in [4.69, 9.17) is 21.1 Å². The highest BCUT2D eigenvalue weighted by molar-refractivity contribution is 6.31. The standard InChI is InChI=1S/C16H19ClO3/c1-15-5-4-6-16(2,9-15)20-13-11(14(18)19-3)7-10(17)8-12(13)15/h7-8H,4-6,9H2,1-3H3/t15-,16+/m1/s1. The smallest absolute Gasteiger partial charge is 0.341 e. The molecule has 1 aromatic carbocycles. The summed E-state index contributed by atoms with van der Waals surface area (Å²) in [4.78, 5) is 12.0. The summed E-state index contributed by atoms with van der Waals surface area (Å²) in [6, 6.07) is 3.58. The van der Waals surface area contributed by atoms with Gasteiger partial charge in [0.1, 0.15) is 16.9 Å². The van der Waals surface area contributed by atoms with Gasteiger partial charge in [-0.15, -0.1) is 0 Å². The number of halogens is 1. The van der Waals surface area contributed by atoms with Crippen LogP contribution in [0.5, 0.6) is 5.75 Å². The molecule has 0 saturated heterocycles. The molecule has 2 aliphatic rings. The number of carbonyl (C=O) groups is 1. The van der Waals surface area contributed by atoms with Gasteiger partial charge in [0.15, 0.2) is 0 Å². The Morgan fingerprint density at radius 1 is 1.35 bits per heavy atom. The average Bonchev–Trinajstić information content (AvgIpc) is 2.37. The maximum atomic E-state index is 12.0. The molecule has 4 heteroatoms. The van der Waals surface area contributed by atoms with Crippen molar-refractivity contribution < 1.29 is 14.3 Å². The summed E-state index contributed by atoms with van der Waals surface area (Å²) in [5.74, 6) is 0.271. The number of methoxy groups -OCH3 is 1. The van der Waals surface area contributed by atoms with E-state index in [0.29, 0.717) is 16.3 Å². The topological polar surface area (TPSA) is 35.5 Å². The molecular formula is C16H19ClO3. The maximum Gasteiger partial charge on any atom is 0.341 e. The van der Waals surface area contributed by atoms with Crippen molar-refractivity contribution in [1.29, 1.82) is 0 Å². The van der Waals surface area contributed by atoms with Crippen LogP contribution in [0.3, 0.4) is 0 Å². The minimum atomic E-state index is -0.393. The van der Waals surface area contributed by atoms with Crippen LogP contribution in [0.25, 0.3) is 0 Å². The highest BCUT2D eigenvalue weighted by Gasteiger charge is 2.48. The zero-order chi connectivity index (χ0) is 14.5. The van der Waals surface area contributed by atoms with Crippen molar-refractivity contribution in [2.24, 2.45) is 0 Å². The van der Waals surface area contributed by atoms with E-state index >= 15 is 0 Å². The molecule has 3 nitrogen and oxygen atoms in total. The molecule has 0 spiro atoms. The van der Waals surface area contributed by atoms with Gasteiger partial charge in [-0.05, 0) is 50.2 Å². The van der Waals surface area contributed by atoms with Crippen LogP contribution in [0, 0.1) is 0 Å². The summed E-state index contributed by atoms with van der Waals surface area (Å²) < 4.78 is 11.1. The Morgan fingerprint density at radius 3 is 2.80 bits per heavy atom. The summed E-state index contributed by atoms with van der Waals surface area (Å²) in [5.41, 5.74) is 1.31. The van der Waals surface area contributed by atoms with Crippen LogP contribution >= 0.6 is 11.6 Å². The lowest BCUT2D eigenvalue weighted by Gasteiger charge is -2.50. The van der Waals surface area contributed by atoms with E-state index in [1.165, 1.54) is 7.11 Å². The van der Waals surface area contributed by atoms with Crippen molar-refractivity contribution in [2.45, 2.75) is 50.5 Å². The summed E-state index contributed by atoms with van der Waals surface area (Å²) in [5, 5.41) is 0.558. The van der Waals surface area contributed by atoms with E-state index in [1.807, 2.05) is 6.07 Å². The normalized spacial score (nSPS) is 31.2. The second-order valence-electron chi connectivity index (χ2n) is 6.46. The molecule has 1 saturated carbocycles. The van der Waals surface area contributed by atoms with Crippen LogP contribution in [-0.4, -0.2) is 18.7 Å². The van der Waals surface area contributed by atoms with Gasteiger partial charge in [-0.2, -0.15) is 0 Å². The first-order chi connectivity index (χ1) is 9.37. The largest absolute Gasteiger partial charge is 0.486 e. The van der Waals surface area contributed by atoms with Crippen molar-refractivity contribution in [2.75, 3.05) is 7.11 Å². The Morgan fingerprint density at radius 2 is 2.10 bits per heavy atom. The van der Waals surface area contributed by atoms with Crippen molar-refractivity contribution in [1.82, 2.24) is 0 Å². The molecule has 1 aromatic rings. The van der Waals surface area contributed by atoms with Gasteiger partial charge in [-0.25, -0.2) is 4.79 Å². The molecule has 1 aliphatic carbocycles. The van der Waals surface area contributed by atoms with Crippen molar-refractivity contribution in [3.63, 3.8) is 0 Å². The minimum absolute atomic E-state index is 0.0221. The molecule has 1 heterocycles.